The molecule has 3 rings (SSSR count). The molecule has 1 radical (unpaired) electrons. The molecule has 3 aliphatic rings. The van der Waals surface area contributed by atoms with E-state index in [-0.39, 0.29) is 0 Å². The van der Waals surface area contributed by atoms with Crippen LogP contribution in [-0.2, 0) is 0 Å². The van der Waals surface area contributed by atoms with E-state index in [1.807, 2.05) is 0 Å². The Bertz CT molecular complexity index is 530. The van der Waals surface area contributed by atoms with Crippen molar-refractivity contribution in [2.24, 2.45) is 17.3 Å². The fourth-order valence-corrected chi connectivity index (χ4v) is 5.29. The quantitative estimate of drug-likeness (QED) is 0.795. The zero-order chi connectivity index (χ0) is 16.6. The molecule has 2 heteroatoms. The molecule has 0 heterocycles. The Kier molecular flexibility index (Phi) is 4.85. The summed E-state index contributed by atoms with van der Waals surface area (Å²) in [5, 5.41) is 19.9. The molecular formula is C21H31O2. The van der Waals surface area contributed by atoms with Gasteiger partial charge in [0.1, 0.15) is 0 Å². The van der Waals surface area contributed by atoms with Gasteiger partial charge in [-0.25, -0.2) is 0 Å². The predicted octanol–water partition coefficient (Wildman–Crippen LogP) is 4.35. The molecule has 2 N–H and O–H groups in total. The first-order chi connectivity index (χ1) is 11.0. The van der Waals surface area contributed by atoms with Gasteiger partial charge in [0.2, 0.25) is 0 Å². The van der Waals surface area contributed by atoms with E-state index in [1.165, 1.54) is 32.1 Å². The van der Waals surface area contributed by atoms with E-state index in [9.17, 15) is 10.2 Å². The second kappa shape index (κ2) is 6.57. The molecule has 3 fully saturated rings. The van der Waals surface area contributed by atoms with Crippen LogP contribution in [0.5, 0.6) is 0 Å². The molecule has 0 saturated heterocycles. The fraction of sp³-hybridized carbons (Fsp3) is 0.667. The summed E-state index contributed by atoms with van der Waals surface area (Å²) in [6.07, 6.45) is 13.2. The molecule has 23 heavy (non-hydrogen) atoms. The Labute approximate surface area is 141 Å². The van der Waals surface area contributed by atoms with Gasteiger partial charge in [-0.2, -0.15) is 0 Å². The van der Waals surface area contributed by atoms with Crippen LogP contribution in [0.25, 0.3) is 0 Å². The van der Waals surface area contributed by atoms with Crippen molar-refractivity contribution in [1.82, 2.24) is 0 Å². The number of hydrogen-bond acceptors (Lipinski definition) is 2. The number of aliphatic hydroxyl groups is 2. The summed E-state index contributed by atoms with van der Waals surface area (Å²) >= 11 is 0. The summed E-state index contributed by atoms with van der Waals surface area (Å²) in [5.41, 5.74) is 3.81. The average Bonchev–Trinajstić information content (AvgIpc) is 2.86. The first-order valence-electron chi connectivity index (χ1n) is 9.20. The zero-order valence-corrected chi connectivity index (χ0v) is 14.6. The van der Waals surface area contributed by atoms with E-state index in [4.69, 9.17) is 0 Å². The van der Waals surface area contributed by atoms with Crippen molar-refractivity contribution in [2.45, 2.75) is 71.0 Å². The molecule has 0 spiro atoms. The largest absolute Gasteiger partial charge is 0.393 e. The lowest BCUT2D eigenvalue weighted by Crippen LogP contribution is -2.33. The van der Waals surface area contributed by atoms with Gasteiger partial charge in [-0.1, -0.05) is 38.2 Å². The van der Waals surface area contributed by atoms with E-state index < -0.39 is 12.2 Å². The highest BCUT2D eigenvalue weighted by atomic mass is 16.3. The van der Waals surface area contributed by atoms with Gasteiger partial charge in [0.15, 0.2) is 0 Å². The summed E-state index contributed by atoms with van der Waals surface area (Å²) < 4.78 is 0. The Hall–Kier alpha value is -0.860. The predicted molar refractivity (Wildman–Crippen MR) is 94.7 cm³/mol. The van der Waals surface area contributed by atoms with E-state index in [0.717, 1.165) is 17.1 Å². The van der Waals surface area contributed by atoms with Crippen molar-refractivity contribution in [2.75, 3.05) is 0 Å². The van der Waals surface area contributed by atoms with Crippen molar-refractivity contribution >= 4 is 0 Å². The minimum absolute atomic E-state index is 0.418. The van der Waals surface area contributed by atoms with E-state index >= 15 is 0 Å². The van der Waals surface area contributed by atoms with Crippen molar-refractivity contribution in [3.05, 3.63) is 41.9 Å². The maximum Gasteiger partial charge on any atom is 0.0811 e. The van der Waals surface area contributed by atoms with Crippen LogP contribution < -0.4 is 0 Å². The van der Waals surface area contributed by atoms with Crippen molar-refractivity contribution < 1.29 is 10.2 Å². The molecule has 3 saturated carbocycles. The van der Waals surface area contributed by atoms with Gasteiger partial charge < -0.3 is 10.2 Å². The van der Waals surface area contributed by atoms with E-state index in [1.54, 1.807) is 5.57 Å². The van der Waals surface area contributed by atoms with Crippen LogP contribution in [0, 0.1) is 23.7 Å². The van der Waals surface area contributed by atoms with Crippen molar-refractivity contribution in [1.29, 1.82) is 0 Å². The van der Waals surface area contributed by atoms with Crippen LogP contribution in [0.1, 0.15) is 58.8 Å². The topological polar surface area (TPSA) is 40.5 Å². The second-order valence-corrected chi connectivity index (χ2v) is 8.00. The monoisotopic (exact) mass is 315 g/mol. The number of aliphatic hydroxyl groups excluding tert-OH is 2. The molecule has 0 aliphatic heterocycles. The third-order valence-electron chi connectivity index (χ3n) is 6.70. The smallest absolute Gasteiger partial charge is 0.0811 e. The third-order valence-corrected chi connectivity index (χ3v) is 6.70. The lowest BCUT2D eigenvalue weighted by molar-refractivity contribution is 0.0862. The summed E-state index contributed by atoms with van der Waals surface area (Å²) in [4.78, 5) is 0. The molecule has 127 valence electrons. The highest BCUT2D eigenvalue weighted by molar-refractivity contribution is 5.38. The first-order valence-corrected chi connectivity index (χ1v) is 9.20. The Morgan fingerprint density at radius 3 is 2.74 bits per heavy atom. The second-order valence-electron chi connectivity index (χ2n) is 8.00. The Balaban J connectivity index is 1.82. The molecule has 0 aromatic carbocycles. The lowest BCUT2D eigenvalue weighted by atomic mass is 9.63. The molecule has 0 aromatic heterocycles. The minimum Gasteiger partial charge on any atom is -0.393 e. The van der Waals surface area contributed by atoms with Crippen LogP contribution in [0.15, 0.2) is 35.5 Å². The van der Waals surface area contributed by atoms with Gasteiger partial charge in [-0.3, -0.25) is 0 Å². The van der Waals surface area contributed by atoms with Gasteiger partial charge in [-0.05, 0) is 73.3 Å². The zero-order valence-electron chi connectivity index (χ0n) is 14.6. The molecule has 0 aromatic rings. The van der Waals surface area contributed by atoms with Crippen molar-refractivity contribution in [3.8, 4) is 0 Å². The standard InChI is InChI=1S/C21H31O2/c1-4-17-9-10-19-15(6-5-11-21(17,19)3)7-8-16-12-18(22)13-20(23)14(16)2/h4,7-8,17-20,22-23H,2,5-6,9-13H2,1,3H3/b15-7+,16-8+/t17-,18+,19-,20-,21+/m0/s1. The highest BCUT2D eigenvalue weighted by Gasteiger charge is 2.48. The van der Waals surface area contributed by atoms with Gasteiger partial charge in [0.05, 0.1) is 12.2 Å². The molecular weight excluding hydrogens is 284 g/mol. The molecule has 0 unspecified atom stereocenters. The maximum atomic E-state index is 9.99. The average molecular weight is 315 g/mol. The summed E-state index contributed by atoms with van der Waals surface area (Å²) in [5.74, 6) is 1.44. The van der Waals surface area contributed by atoms with Gasteiger partial charge >= 0.3 is 0 Å². The summed E-state index contributed by atoms with van der Waals surface area (Å²) in [7, 11) is 0. The molecule has 5 atom stereocenters. The first kappa shape index (κ1) is 17.0. The van der Waals surface area contributed by atoms with Crippen LogP contribution in [-0.4, -0.2) is 22.4 Å². The highest BCUT2D eigenvalue weighted by Crippen LogP contribution is 2.58. The maximum absolute atomic E-state index is 9.99. The molecule has 3 aliphatic carbocycles. The van der Waals surface area contributed by atoms with E-state index in [2.05, 4.69) is 39.0 Å². The van der Waals surface area contributed by atoms with Crippen LogP contribution in [0.2, 0.25) is 0 Å². The van der Waals surface area contributed by atoms with Gasteiger partial charge in [0.25, 0.3) is 0 Å². The molecule has 0 amide bonds. The third kappa shape index (κ3) is 3.08. The van der Waals surface area contributed by atoms with Crippen molar-refractivity contribution in [3.63, 3.8) is 0 Å². The SMILES string of the molecule is C=C1/C(=C/C=C2\CCC[C@]3(C)[C@@H]([CH]C)CC[C@@H]23)C[C@@H](O)C[C@@H]1O. The minimum atomic E-state index is -0.592. The Morgan fingerprint density at radius 1 is 1.22 bits per heavy atom. The fourth-order valence-electron chi connectivity index (χ4n) is 5.29. The summed E-state index contributed by atoms with van der Waals surface area (Å²) in [6.45, 7) is 8.71. The number of rotatable bonds is 2. The molecule has 0 bridgehead atoms. The van der Waals surface area contributed by atoms with E-state index in [0.29, 0.717) is 24.2 Å². The number of hydrogen-bond donors (Lipinski definition) is 2. The van der Waals surface area contributed by atoms with Crippen LogP contribution in [0.3, 0.4) is 0 Å². The van der Waals surface area contributed by atoms with Crippen LogP contribution >= 0.6 is 0 Å². The Morgan fingerprint density at radius 2 is 2.00 bits per heavy atom. The number of allylic oxidation sites excluding steroid dienone is 3. The normalized spacial score (nSPS) is 44.8. The number of fused-ring (bicyclic) bond motifs is 1. The lowest BCUT2D eigenvalue weighted by Gasteiger charge is -2.42. The van der Waals surface area contributed by atoms with Crippen LogP contribution in [0.4, 0.5) is 0 Å². The molecule has 2 nitrogen and oxygen atoms in total. The van der Waals surface area contributed by atoms with Gasteiger partial charge in [0, 0.05) is 6.42 Å². The summed E-state index contributed by atoms with van der Waals surface area (Å²) in [6, 6.07) is 0. The van der Waals surface area contributed by atoms with Gasteiger partial charge in [-0.15, -0.1) is 0 Å².